The third-order valence-electron chi connectivity index (χ3n) is 4.21. The van der Waals surface area contributed by atoms with Crippen molar-refractivity contribution in [1.29, 1.82) is 0 Å². The molecular formula is C14H25NO. The Morgan fingerprint density at radius 1 is 1.31 bits per heavy atom. The SMILES string of the molecule is COCC(NCC1CC2C=CC1C2)C(C)C. The molecule has 0 amide bonds. The van der Waals surface area contributed by atoms with Crippen molar-refractivity contribution >= 4 is 0 Å². The molecule has 4 unspecified atom stereocenters. The minimum Gasteiger partial charge on any atom is -0.383 e. The molecule has 4 atom stereocenters. The number of nitrogens with one attached hydrogen (secondary N) is 1. The second kappa shape index (κ2) is 5.33. The predicted octanol–water partition coefficient (Wildman–Crippen LogP) is 2.46. The molecule has 0 aliphatic heterocycles. The fourth-order valence-electron chi connectivity index (χ4n) is 3.10. The molecule has 2 nitrogen and oxygen atoms in total. The van der Waals surface area contributed by atoms with Crippen LogP contribution in [-0.4, -0.2) is 26.3 Å². The van der Waals surface area contributed by atoms with Crippen LogP contribution in [0.4, 0.5) is 0 Å². The summed E-state index contributed by atoms with van der Waals surface area (Å²) in [6, 6.07) is 0.508. The molecule has 2 bridgehead atoms. The van der Waals surface area contributed by atoms with E-state index in [1.807, 2.05) is 0 Å². The summed E-state index contributed by atoms with van der Waals surface area (Å²) in [5, 5.41) is 3.69. The van der Waals surface area contributed by atoms with E-state index in [-0.39, 0.29) is 0 Å². The number of fused-ring (bicyclic) bond motifs is 2. The Kier molecular flexibility index (Phi) is 4.04. The number of methoxy groups -OCH3 is 1. The normalized spacial score (nSPS) is 33.9. The Morgan fingerprint density at radius 2 is 2.12 bits per heavy atom. The first-order chi connectivity index (χ1) is 7.70. The van der Waals surface area contributed by atoms with Gasteiger partial charge < -0.3 is 10.1 Å². The first kappa shape index (κ1) is 12.1. The molecule has 1 saturated carbocycles. The van der Waals surface area contributed by atoms with Gasteiger partial charge in [-0.05, 0) is 43.1 Å². The van der Waals surface area contributed by atoms with Crippen molar-refractivity contribution in [2.45, 2.75) is 32.7 Å². The second-order valence-electron chi connectivity index (χ2n) is 5.75. The summed E-state index contributed by atoms with van der Waals surface area (Å²) in [6.07, 6.45) is 7.65. The maximum absolute atomic E-state index is 5.27. The Morgan fingerprint density at radius 3 is 2.62 bits per heavy atom. The third-order valence-corrected chi connectivity index (χ3v) is 4.21. The lowest BCUT2D eigenvalue weighted by Crippen LogP contribution is -2.41. The summed E-state index contributed by atoms with van der Waals surface area (Å²) >= 11 is 0. The quantitative estimate of drug-likeness (QED) is 0.698. The monoisotopic (exact) mass is 223 g/mol. The van der Waals surface area contributed by atoms with Crippen molar-refractivity contribution in [3.8, 4) is 0 Å². The molecule has 0 spiro atoms. The van der Waals surface area contributed by atoms with Gasteiger partial charge in [-0.25, -0.2) is 0 Å². The number of hydrogen-bond donors (Lipinski definition) is 1. The highest BCUT2D eigenvalue weighted by atomic mass is 16.5. The Balaban J connectivity index is 1.75. The molecule has 0 radical (unpaired) electrons. The second-order valence-corrected chi connectivity index (χ2v) is 5.75. The van der Waals surface area contributed by atoms with Crippen LogP contribution in [0.5, 0.6) is 0 Å². The van der Waals surface area contributed by atoms with Gasteiger partial charge in [0.25, 0.3) is 0 Å². The van der Waals surface area contributed by atoms with Gasteiger partial charge in [0.2, 0.25) is 0 Å². The van der Waals surface area contributed by atoms with Gasteiger partial charge in [0.1, 0.15) is 0 Å². The zero-order chi connectivity index (χ0) is 11.5. The smallest absolute Gasteiger partial charge is 0.0618 e. The molecule has 2 rings (SSSR count). The molecule has 0 aromatic heterocycles. The van der Waals surface area contributed by atoms with Crippen LogP contribution in [-0.2, 0) is 4.74 Å². The van der Waals surface area contributed by atoms with Crippen LogP contribution in [0.3, 0.4) is 0 Å². The number of ether oxygens (including phenoxy) is 1. The van der Waals surface area contributed by atoms with E-state index in [0.29, 0.717) is 12.0 Å². The van der Waals surface area contributed by atoms with Crippen molar-refractivity contribution in [3.05, 3.63) is 12.2 Å². The van der Waals surface area contributed by atoms with Gasteiger partial charge in [-0.3, -0.25) is 0 Å². The molecular weight excluding hydrogens is 198 g/mol. The molecule has 16 heavy (non-hydrogen) atoms. The number of rotatable bonds is 6. The Labute approximate surface area is 99.4 Å². The van der Waals surface area contributed by atoms with E-state index in [1.165, 1.54) is 12.8 Å². The van der Waals surface area contributed by atoms with Crippen LogP contribution in [0.15, 0.2) is 12.2 Å². The molecule has 0 aromatic rings. The van der Waals surface area contributed by atoms with E-state index in [1.54, 1.807) is 7.11 Å². The molecule has 2 aliphatic rings. The van der Waals surface area contributed by atoms with Gasteiger partial charge in [0, 0.05) is 13.2 Å². The maximum Gasteiger partial charge on any atom is 0.0618 e. The molecule has 92 valence electrons. The van der Waals surface area contributed by atoms with Crippen LogP contribution in [0.1, 0.15) is 26.7 Å². The highest BCUT2D eigenvalue weighted by Crippen LogP contribution is 2.42. The van der Waals surface area contributed by atoms with Crippen molar-refractivity contribution in [2.24, 2.45) is 23.7 Å². The highest BCUT2D eigenvalue weighted by molar-refractivity contribution is 5.10. The minimum atomic E-state index is 0.508. The maximum atomic E-state index is 5.27. The van der Waals surface area contributed by atoms with Gasteiger partial charge in [0.15, 0.2) is 0 Å². The molecule has 1 N–H and O–H groups in total. The van der Waals surface area contributed by atoms with Crippen LogP contribution >= 0.6 is 0 Å². The fourth-order valence-corrected chi connectivity index (χ4v) is 3.10. The van der Waals surface area contributed by atoms with Gasteiger partial charge in [-0.15, -0.1) is 0 Å². The molecule has 2 aliphatic carbocycles. The first-order valence-electron chi connectivity index (χ1n) is 6.61. The summed E-state index contributed by atoms with van der Waals surface area (Å²) in [5.41, 5.74) is 0. The Hall–Kier alpha value is -0.340. The lowest BCUT2D eigenvalue weighted by Gasteiger charge is -2.26. The fraction of sp³-hybridized carbons (Fsp3) is 0.857. The van der Waals surface area contributed by atoms with Gasteiger partial charge in [-0.2, -0.15) is 0 Å². The standard InChI is InChI=1S/C14H25NO/c1-10(2)14(9-16-3)15-8-13-7-11-4-5-12(13)6-11/h4-5,10-15H,6-9H2,1-3H3. The topological polar surface area (TPSA) is 21.3 Å². The average molecular weight is 223 g/mol. The third kappa shape index (κ3) is 2.67. The summed E-state index contributed by atoms with van der Waals surface area (Å²) in [4.78, 5) is 0. The highest BCUT2D eigenvalue weighted by Gasteiger charge is 2.35. The summed E-state index contributed by atoms with van der Waals surface area (Å²) in [7, 11) is 1.79. The predicted molar refractivity (Wildman–Crippen MR) is 67.3 cm³/mol. The van der Waals surface area contributed by atoms with E-state index >= 15 is 0 Å². The molecule has 0 heterocycles. The Bertz CT molecular complexity index is 249. The zero-order valence-corrected chi connectivity index (χ0v) is 10.8. The van der Waals surface area contributed by atoms with Crippen LogP contribution in [0.2, 0.25) is 0 Å². The van der Waals surface area contributed by atoms with Crippen LogP contribution < -0.4 is 5.32 Å². The van der Waals surface area contributed by atoms with E-state index < -0.39 is 0 Å². The molecule has 1 fully saturated rings. The largest absolute Gasteiger partial charge is 0.383 e. The lowest BCUT2D eigenvalue weighted by atomic mass is 9.93. The number of hydrogen-bond acceptors (Lipinski definition) is 2. The van der Waals surface area contributed by atoms with Gasteiger partial charge in [0.05, 0.1) is 6.61 Å². The van der Waals surface area contributed by atoms with E-state index in [0.717, 1.165) is 30.9 Å². The number of allylic oxidation sites excluding steroid dienone is 2. The van der Waals surface area contributed by atoms with Crippen molar-refractivity contribution in [3.63, 3.8) is 0 Å². The first-order valence-corrected chi connectivity index (χ1v) is 6.61. The van der Waals surface area contributed by atoms with Crippen molar-refractivity contribution in [2.75, 3.05) is 20.3 Å². The minimum absolute atomic E-state index is 0.508. The van der Waals surface area contributed by atoms with Crippen molar-refractivity contribution in [1.82, 2.24) is 5.32 Å². The zero-order valence-electron chi connectivity index (χ0n) is 10.8. The van der Waals surface area contributed by atoms with Crippen LogP contribution in [0, 0.1) is 23.7 Å². The lowest BCUT2D eigenvalue weighted by molar-refractivity contribution is 0.143. The summed E-state index contributed by atoms with van der Waals surface area (Å²) in [6.45, 7) is 6.51. The molecule has 2 heteroatoms. The van der Waals surface area contributed by atoms with E-state index in [2.05, 4.69) is 31.3 Å². The van der Waals surface area contributed by atoms with Gasteiger partial charge in [-0.1, -0.05) is 26.0 Å². The molecule has 0 saturated heterocycles. The molecule has 0 aromatic carbocycles. The van der Waals surface area contributed by atoms with E-state index in [4.69, 9.17) is 4.74 Å². The van der Waals surface area contributed by atoms with Gasteiger partial charge >= 0.3 is 0 Å². The summed E-state index contributed by atoms with van der Waals surface area (Å²) in [5.74, 6) is 3.26. The summed E-state index contributed by atoms with van der Waals surface area (Å²) < 4.78 is 5.27. The van der Waals surface area contributed by atoms with E-state index in [9.17, 15) is 0 Å². The van der Waals surface area contributed by atoms with Crippen molar-refractivity contribution < 1.29 is 4.74 Å². The average Bonchev–Trinajstić information content (AvgIpc) is 2.85. The van der Waals surface area contributed by atoms with Crippen LogP contribution in [0.25, 0.3) is 0 Å².